The Morgan fingerprint density at radius 3 is 2.87 bits per heavy atom. The zero-order chi connectivity index (χ0) is 10.9. The summed E-state index contributed by atoms with van der Waals surface area (Å²) in [5.74, 6) is 0.615. The van der Waals surface area contributed by atoms with Gasteiger partial charge in [0.2, 0.25) is 0 Å². The number of nitrogens with two attached hydrogens (primary N) is 1. The molecule has 1 aromatic heterocycles. The summed E-state index contributed by atoms with van der Waals surface area (Å²) in [4.78, 5) is 18.4. The van der Waals surface area contributed by atoms with Crippen LogP contribution in [0.15, 0.2) is 10.9 Å². The van der Waals surface area contributed by atoms with Gasteiger partial charge in [-0.1, -0.05) is 0 Å². The Morgan fingerprint density at radius 2 is 2.40 bits per heavy atom. The lowest BCUT2D eigenvalue weighted by Crippen LogP contribution is -2.39. The van der Waals surface area contributed by atoms with Crippen molar-refractivity contribution in [1.29, 1.82) is 0 Å². The number of hydrogen-bond donors (Lipinski definition) is 2. The quantitative estimate of drug-likeness (QED) is 0.748. The van der Waals surface area contributed by atoms with Gasteiger partial charge in [0.15, 0.2) is 0 Å². The van der Waals surface area contributed by atoms with Gasteiger partial charge >= 0.3 is 0 Å². The number of ether oxygens (including phenoxy) is 1. The molecule has 0 spiro atoms. The molecule has 0 aliphatic heterocycles. The van der Waals surface area contributed by atoms with E-state index in [1.807, 2.05) is 0 Å². The second kappa shape index (κ2) is 3.75. The van der Waals surface area contributed by atoms with Crippen molar-refractivity contribution in [2.45, 2.75) is 31.4 Å². The molecule has 15 heavy (non-hydrogen) atoms. The maximum Gasteiger partial charge on any atom is 0.251 e. The van der Waals surface area contributed by atoms with Crippen LogP contribution in [-0.2, 0) is 16.9 Å². The highest BCUT2D eigenvalue weighted by Crippen LogP contribution is 2.42. The van der Waals surface area contributed by atoms with E-state index in [-0.39, 0.29) is 17.7 Å². The lowest BCUT2D eigenvalue weighted by atomic mass is 9.79. The molecule has 0 radical (unpaired) electrons. The standard InChI is InChI=1S/C10H15N3O2/c1-15-10(3-2-4-10)9-12-7(6-11)5-8(14)13-9/h5H,2-4,6,11H2,1H3,(H,12,13,14). The number of methoxy groups -OCH3 is 1. The molecule has 0 bridgehead atoms. The van der Waals surface area contributed by atoms with Gasteiger partial charge < -0.3 is 15.5 Å². The number of aromatic nitrogens is 2. The van der Waals surface area contributed by atoms with Crippen LogP contribution >= 0.6 is 0 Å². The molecule has 5 heteroatoms. The van der Waals surface area contributed by atoms with Crippen LogP contribution in [0.3, 0.4) is 0 Å². The minimum Gasteiger partial charge on any atom is -0.370 e. The molecular formula is C10H15N3O2. The van der Waals surface area contributed by atoms with Crippen LogP contribution in [0.2, 0.25) is 0 Å². The number of nitrogens with one attached hydrogen (secondary N) is 1. The predicted molar refractivity (Wildman–Crippen MR) is 55.3 cm³/mol. The van der Waals surface area contributed by atoms with Gasteiger partial charge in [0.1, 0.15) is 11.4 Å². The zero-order valence-corrected chi connectivity index (χ0v) is 8.75. The third kappa shape index (κ3) is 1.68. The molecule has 5 nitrogen and oxygen atoms in total. The van der Waals surface area contributed by atoms with Gasteiger partial charge in [-0.25, -0.2) is 4.98 Å². The first-order chi connectivity index (χ1) is 7.20. The Bertz CT molecular complexity index is 404. The van der Waals surface area contributed by atoms with E-state index in [2.05, 4.69) is 9.97 Å². The molecular weight excluding hydrogens is 194 g/mol. The maximum atomic E-state index is 11.4. The van der Waals surface area contributed by atoms with Crippen molar-refractivity contribution < 1.29 is 4.74 Å². The van der Waals surface area contributed by atoms with E-state index in [1.165, 1.54) is 6.07 Å². The Hall–Kier alpha value is -1.20. The molecule has 1 aromatic rings. The number of aromatic amines is 1. The summed E-state index contributed by atoms with van der Waals surface area (Å²) in [5.41, 5.74) is 5.54. The summed E-state index contributed by atoms with van der Waals surface area (Å²) in [7, 11) is 1.65. The van der Waals surface area contributed by atoms with Crippen LogP contribution in [0.4, 0.5) is 0 Å². The molecule has 1 aliphatic carbocycles. The fourth-order valence-corrected chi connectivity index (χ4v) is 1.86. The fourth-order valence-electron chi connectivity index (χ4n) is 1.86. The Balaban J connectivity index is 2.43. The van der Waals surface area contributed by atoms with E-state index in [1.54, 1.807) is 7.11 Å². The van der Waals surface area contributed by atoms with Gasteiger partial charge in [-0.3, -0.25) is 4.79 Å². The zero-order valence-electron chi connectivity index (χ0n) is 8.75. The topological polar surface area (TPSA) is 81.0 Å². The minimum atomic E-state index is -0.385. The summed E-state index contributed by atoms with van der Waals surface area (Å²) < 4.78 is 5.44. The number of nitrogens with zero attached hydrogens (tertiary/aromatic N) is 1. The van der Waals surface area contributed by atoms with Crippen molar-refractivity contribution in [2.24, 2.45) is 5.73 Å². The largest absolute Gasteiger partial charge is 0.370 e. The summed E-state index contributed by atoms with van der Waals surface area (Å²) in [5, 5.41) is 0. The number of hydrogen-bond acceptors (Lipinski definition) is 4. The van der Waals surface area contributed by atoms with Gasteiger partial charge in [-0.05, 0) is 19.3 Å². The van der Waals surface area contributed by atoms with Gasteiger partial charge in [0.25, 0.3) is 5.56 Å². The van der Waals surface area contributed by atoms with Crippen LogP contribution in [0.5, 0.6) is 0 Å². The molecule has 2 rings (SSSR count). The van der Waals surface area contributed by atoms with E-state index in [9.17, 15) is 4.79 Å². The third-order valence-corrected chi connectivity index (χ3v) is 2.99. The first-order valence-corrected chi connectivity index (χ1v) is 5.06. The summed E-state index contributed by atoms with van der Waals surface area (Å²) in [6, 6.07) is 1.42. The fraction of sp³-hybridized carbons (Fsp3) is 0.600. The number of rotatable bonds is 3. The molecule has 1 heterocycles. The second-order valence-corrected chi connectivity index (χ2v) is 3.84. The smallest absolute Gasteiger partial charge is 0.251 e. The van der Waals surface area contributed by atoms with E-state index < -0.39 is 0 Å². The molecule has 1 aliphatic rings. The van der Waals surface area contributed by atoms with Crippen molar-refractivity contribution in [2.75, 3.05) is 7.11 Å². The molecule has 0 saturated heterocycles. The third-order valence-electron chi connectivity index (χ3n) is 2.99. The van der Waals surface area contributed by atoms with Crippen LogP contribution in [0.25, 0.3) is 0 Å². The van der Waals surface area contributed by atoms with Crippen molar-refractivity contribution in [3.63, 3.8) is 0 Å². The average Bonchev–Trinajstić information content (AvgIpc) is 2.16. The highest BCUT2D eigenvalue weighted by molar-refractivity contribution is 5.11. The highest BCUT2D eigenvalue weighted by Gasteiger charge is 2.41. The normalized spacial score (nSPS) is 18.5. The lowest BCUT2D eigenvalue weighted by molar-refractivity contribution is -0.0849. The Kier molecular flexibility index (Phi) is 2.58. The van der Waals surface area contributed by atoms with Crippen LogP contribution in [0.1, 0.15) is 30.8 Å². The van der Waals surface area contributed by atoms with Crippen LogP contribution in [0, 0.1) is 0 Å². The SMILES string of the molecule is COC1(c2nc(CN)cc(=O)[nH]2)CCC1. The van der Waals surface area contributed by atoms with Gasteiger partial charge in [-0.15, -0.1) is 0 Å². The summed E-state index contributed by atoms with van der Waals surface area (Å²) in [6.45, 7) is 0.275. The molecule has 0 aromatic carbocycles. The monoisotopic (exact) mass is 209 g/mol. The van der Waals surface area contributed by atoms with Crippen molar-refractivity contribution in [3.8, 4) is 0 Å². The van der Waals surface area contributed by atoms with Crippen molar-refractivity contribution in [3.05, 3.63) is 27.9 Å². The molecule has 0 unspecified atom stereocenters. The average molecular weight is 209 g/mol. The van der Waals surface area contributed by atoms with E-state index in [0.717, 1.165) is 19.3 Å². The molecule has 1 saturated carbocycles. The van der Waals surface area contributed by atoms with Crippen molar-refractivity contribution >= 4 is 0 Å². The summed E-state index contributed by atoms with van der Waals surface area (Å²) in [6.07, 6.45) is 2.91. The summed E-state index contributed by atoms with van der Waals surface area (Å²) >= 11 is 0. The first kappa shape index (κ1) is 10.3. The predicted octanol–water partition coefficient (Wildman–Crippen LogP) is 0.254. The molecule has 1 fully saturated rings. The first-order valence-electron chi connectivity index (χ1n) is 5.06. The Labute approximate surface area is 87.7 Å². The number of H-pyrrole nitrogens is 1. The van der Waals surface area contributed by atoms with Crippen LogP contribution < -0.4 is 11.3 Å². The van der Waals surface area contributed by atoms with E-state index in [0.29, 0.717) is 11.5 Å². The minimum absolute atomic E-state index is 0.163. The second-order valence-electron chi connectivity index (χ2n) is 3.84. The lowest BCUT2D eigenvalue weighted by Gasteiger charge is -2.39. The van der Waals surface area contributed by atoms with Gasteiger partial charge in [0.05, 0.1) is 5.69 Å². The van der Waals surface area contributed by atoms with Crippen LogP contribution in [-0.4, -0.2) is 17.1 Å². The Morgan fingerprint density at radius 1 is 1.67 bits per heavy atom. The molecule has 82 valence electrons. The molecule has 0 atom stereocenters. The van der Waals surface area contributed by atoms with Gasteiger partial charge in [0, 0.05) is 19.7 Å². The van der Waals surface area contributed by atoms with Gasteiger partial charge in [-0.2, -0.15) is 0 Å². The molecule has 0 amide bonds. The maximum absolute atomic E-state index is 11.4. The van der Waals surface area contributed by atoms with Crippen molar-refractivity contribution in [1.82, 2.24) is 9.97 Å². The van der Waals surface area contributed by atoms with E-state index >= 15 is 0 Å². The molecule has 3 N–H and O–H groups in total. The van der Waals surface area contributed by atoms with E-state index in [4.69, 9.17) is 10.5 Å². The highest BCUT2D eigenvalue weighted by atomic mass is 16.5.